The van der Waals surface area contributed by atoms with Gasteiger partial charge in [0.25, 0.3) is 11.8 Å². The van der Waals surface area contributed by atoms with Gasteiger partial charge >= 0.3 is 0 Å². The van der Waals surface area contributed by atoms with E-state index in [9.17, 15) is 14.0 Å². The van der Waals surface area contributed by atoms with Crippen LogP contribution in [0.5, 0.6) is 0 Å². The van der Waals surface area contributed by atoms with Gasteiger partial charge in [0.1, 0.15) is 5.82 Å². The summed E-state index contributed by atoms with van der Waals surface area (Å²) in [5.74, 6) is -1.24. The van der Waals surface area contributed by atoms with Crippen molar-refractivity contribution in [2.75, 3.05) is 10.6 Å². The number of rotatable bonds is 4. The van der Waals surface area contributed by atoms with E-state index in [-0.39, 0.29) is 16.5 Å². The monoisotopic (exact) mass is 368 g/mol. The van der Waals surface area contributed by atoms with Crippen LogP contribution in [0.1, 0.15) is 20.7 Å². The maximum atomic E-state index is 13.2. The van der Waals surface area contributed by atoms with Crippen LogP contribution in [0.4, 0.5) is 15.8 Å². The van der Waals surface area contributed by atoms with Gasteiger partial charge in [0.15, 0.2) is 0 Å². The molecule has 2 amide bonds. The van der Waals surface area contributed by atoms with Crippen LogP contribution in [-0.4, -0.2) is 11.8 Å². The summed E-state index contributed by atoms with van der Waals surface area (Å²) in [5.41, 5.74) is 1.56. The van der Waals surface area contributed by atoms with E-state index in [1.807, 2.05) is 6.07 Å². The Hall–Kier alpha value is -3.18. The average Bonchev–Trinajstić information content (AvgIpc) is 2.64. The van der Waals surface area contributed by atoms with Gasteiger partial charge in [0, 0.05) is 16.8 Å². The molecule has 6 heteroatoms. The highest BCUT2D eigenvalue weighted by atomic mass is 35.5. The number of hydrogen-bond donors (Lipinski definition) is 2. The Kier molecular flexibility index (Phi) is 5.29. The summed E-state index contributed by atoms with van der Waals surface area (Å²) in [5, 5.41) is 5.62. The quantitative estimate of drug-likeness (QED) is 0.682. The fraction of sp³-hybridized carbons (Fsp3) is 0. The number of benzene rings is 3. The number of nitrogens with one attached hydrogen (secondary N) is 2. The zero-order valence-corrected chi connectivity index (χ0v) is 14.3. The van der Waals surface area contributed by atoms with Crippen LogP contribution in [0.25, 0.3) is 0 Å². The summed E-state index contributed by atoms with van der Waals surface area (Å²) in [7, 11) is 0. The van der Waals surface area contributed by atoms with E-state index in [1.165, 1.54) is 24.3 Å². The van der Waals surface area contributed by atoms with Crippen molar-refractivity contribution in [2.24, 2.45) is 0 Å². The fourth-order valence-electron chi connectivity index (χ4n) is 2.31. The lowest BCUT2D eigenvalue weighted by Gasteiger charge is -2.10. The standard InChI is InChI=1S/C20H14ClFN2O2/c21-17-12-16(23-20(26)14-7-4-8-15(22)11-14)9-10-18(17)24-19(25)13-5-2-1-3-6-13/h1-12H,(H,23,26)(H,24,25). The molecule has 26 heavy (non-hydrogen) atoms. The highest BCUT2D eigenvalue weighted by Gasteiger charge is 2.11. The molecule has 0 atom stereocenters. The van der Waals surface area contributed by atoms with E-state index in [1.54, 1.807) is 36.4 Å². The normalized spacial score (nSPS) is 10.2. The minimum atomic E-state index is -0.491. The number of amides is 2. The smallest absolute Gasteiger partial charge is 0.255 e. The summed E-state index contributed by atoms with van der Waals surface area (Å²) < 4.78 is 13.2. The van der Waals surface area contributed by atoms with Gasteiger partial charge in [0.2, 0.25) is 0 Å². The Morgan fingerprint density at radius 1 is 0.769 bits per heavy atom. The summed E-state index contributed by atoms with van der Waals surface area (Å²) in [6, 6.07) is 18.8. The molecule has 0 saturated heterocycles. The molecular formula is C20H14ClFN2O2. The predicted octanol–water partition coefficient (Wildman–Crippen LogP) is 4.98. The van der Waals surface area contributed by atoms with Gasteiger partial charge in [-0.2, -0.15) is 0 Å². The van der Waals surface area contributed by atoms with Gasteiger partial charge in [-0.3, -0.25) is 9.59 Å². The van der Waals surface area contributed by atoms with E-state index in [0.717, 1.165) is 6.07 Å². The molecule has 0 spiro atoms. The van der Waals surface area contributed by atoms with Crippen molar-refractivity contribution in [3.8, 4) is 0 Å². The summed E-state index contributed by atoms with van der Waals surface area (Å²) in [6.07, 6.45) is 0. The molecule has 0 unspecified atom stereocenters. The van der Waals surface area contributed by atoms with Gasteiger partial charge in [-0.1, -0.05) is 35.9 Å². The third kappa shape index (κ3) is 4.26. The third-order valence-electron chi connectivity index (χ3n) is 3.60. The lowest BCUT2D eigenvalue weighted by molar-refractivity contribution is 0.101. The molecule has 130 valence electrons. The molecule has 0 aliphatic rings. The number of hydrogen-bond acceptors (Lipinski definition) is 2. The van der Waals surface area contributed by atoms with Gasteiger partial charge in [-0.05, 0) is 48.5 Å². The van der Waals surface area contributed by atoms with Crippen LogP contribution in [0, 0.1) is 5.82 Å². The molecule has 4 nitrogen and oxygen atoms in total. The van der Waals surface area contributed by atoms with Crippen LogP contribution >= 0.6 is 11.6 Å². The van der Waals surface area contributed by atoms with Gasteiger partial charge in [-0.25, -0.2) is 4.39 Å². The number of carbonyl (C=O) groups is 2. The van der Waals surface area contributed by atoms with Crippen LogP contribution in [-0.2, 0) is 0 Å². The maximum Gasteiger partial charge on any atom is 0.255 e. The maximum absolute atomic E-state index is 13.2. The highest BCUT2D eigenvalue weighted by Crippen LogP contribution is 2.26. The Labute approximate surface area is 154 Å². The first kappa shape index (κ1) is 17.6. The lowest BCUT2D eigenvalue weighted by atomic mass is 10.2. The molecule has 0 aromatic heterocycles. The lowest BCUT2D eigenvalue weighted by Crippen LogP contribution is -2.13. The molecule has 0 saturated carbocycles. The average molecular weight is 369 g/mol. The summed E-state index contributed by atoms with van der Waals surface area (Å²) in [4.78, 5) is 24.3. The van der Waals surface area contributed by atoms with Crippen LogP contribution < -0.4 is 10.6 Å². The Bertz CT molecular complexity index is 961. The van der Waals surface area contributed by atoms with E-state index in [2.05, 4.69) is 10.6 Å². The topological polar surface area (TPSA) is 58.2 Å². The van der Waals surface area contributed by atoms with Crippen molar-refractivity contribution in [1.82, 2.24) is 0 Å². The predicted molar refractivity (Wildman–Crippen MR) is 100 cm³/mol. The second-order valence-corrected chi connectivity index (χ2v) is 5.89. The summed E-state index contributed by atoms with van der Waals surface area (Å²) >= 11 is 6.19. The van der Waals surface area contributed by atoms with Crippen LogP contribution in [0.3, 0.4) is 0 Å². The molecule has 0 aliphatic carbocycles. The molecule has 0 bridgehead atoms. The molecule has 3 aromatic rings. The Morgan fingerprint density at radius 2 is 1.46 bits per heavy atom. The molecule has 2 N–H and O–H groups in total. The first-order valence-electron chi connectivity index (χ1n) is 7.76. The molecular weight excluding hydrogens is 355 g/mol. The zero-order chi connectivity index (χ0) is 18.5. The van der Waals surface area contributed by atoms with E-state index >= 15 is 0 Å². The number of halogens is 2. The third-order valence-corrected chi connectivity index (χ3v) is 3.91. The second-order valence-electron chi connectivity index (χ2n) is 5.48. The van der Waals surface area contributed by atoms with Gasteiger partial charge in [-0.15, -0.1) is 0 Å². The first-order valence-corrected chi connectivity index (χ1v) is 8.13. The number of carbonyl (C=O) groups excluding carboxylic acids is 2. The van der Waals surface area contributed by atoms with E-state index < -0.39 is 11.7 Å². The van der Waals surface area contributed by atoms with Crippen molar-refractivity contribution in [1.29, 1.82) is 0 Å². The largest absolute Gasteiger partial charge is 0.322 e. The minimum Gasteiger partial charge on any atom is -0.322 e. The van der Waals surface area contributed by atoms with Crippen molar-refractivity contribution in [2.45, 2.75) is 0 Å². The molecule has 3 aromatic carbocycles. The molecule has 0 fully saturated rings. The van der Waals surface area contributed by atoms with E-state index in [0.29, 0.717) is 16.9 Å². The van der Waals surface area contributed by atoms with E-state index in [4.69, 9.17) is 11.6 Å². The first-order chi connectivity index (χ1) is 12.5. The van der Waals surface area contributed by atoms with Crippen molar-refractivity contribution >= 4 is 34.8 Å². The van der Waals surface area contributed by atoms with Crippen molar-refractivity contribution < 1.29 is 14.0 Å². The molecule has 0 aliphatic heterocycles. The number of anilines is 2. The molecule has 0 radical (unpaired) electrons. The Morgan fingerprint density at radius 3 is 2.15 bits per heavy atom. The van der Waals surface area contributed by atoms with Crippen LogP contribution in [0.2, 0.25) is 5.02 Å². The highest BCUT2D eigenvalue weighted by molar-refractivity contribution is 6.34. The van der Waals surface area contributed by atoms with Gasteiger partial charge < -0.3 is 10.6 Å². The van der Waals surface area contributed by atoms with Gasteiger partial charge in [0.05, 0.1) is 10.7 Å². The molecule has 0 heterocycles. The summed E-state index contributed by atoms with van der Waals surface area (Å²) in [6.45, 7) is 0. The second kappa shape index (κ2) is 7.80. The minimum absolute atomic E-state index is 0.197. The van der Waals surface area contributed by atoms with Crippen LogP contribution in [0.15, 0.2) is 72.8 Å². The molecule has 3 rings (SSSR count). The van der Waals surface area contributed by atoms with Crippen molar-refractivity contribution in [3.05, 3.63) is 94.8 Å². The Balaban J connectivity index is 1.71. The fourth-order valence-corrected chi connectivity index (χ4v) is 2.54. The van der Waals surface area contributed by atoms with Crippen molar-refractivity contribution in [3.63, 3.8) is 0 Å². The SMILES string of the molecule is O=C(Nc1ccc(NC(=O)c2ccccc2)c(Cl)c1)c1cccc(F)c1. The zero-order valence-electron chi connectivity index (χ0n) is 13.5.